The van der Waals surface area contributed by atoms with Gasteiger partial charge in [-0.15, -0.1) is 0 Å². The van der Waals surface area contributed by atoms with E-state index in [4.69, 9.17) is 4.74 Å². The van der Waals surface area contributed by atoms with Crippen LogP contribution in [0.3, 0.4) is 0 Å². The van der Waals surface area contributed by atoms with Crippen molar-refractivity contribution in [2.75, 3.05) is 12.4 Å². The molecule has 3 aromatic carbocycles. The molecule has 0 saturated heterocycles. The van der Waals surface area contributed by atoms with Crippen molar-refractivity contribution in [1.29, 1.82) is 0 Å². The summed E-state index contributed by atoms with van der Waals surface area (Å²) in [5.41, 5.74) is 2.26. The quantitative estimate of drug-likeness (QED) is 0.374. The lowest BCUT2D eigenvalue weighted by molar-refractivity contribution is 0.102. The first-order valence-corrected chi connectivity index (χ1v) is 12.8. The van der Waals surface area contributed by atoms with Gasteiger partial charge in [-0.2, -0.15) is 5.10 Å². The number of anilines is 1. The van der Waals surface area contributed by atoms with E-state index in [1.165, 1.54) is 12.1 Å². The topological polar surface area (TPSA) is 102 Å². The number of sulfonamides is 1. The van der Waals surface area contributed by atoms with Gasteiger partial charge in [-0.1, -0.05) is 24.3 Å². The summed E-state index contributed by atoms with van der Waals surface area (Å²) in [6.07, 6.45) is 0. The summed E-state index contributed by atoms with van der Waals surface area (Å²) in [6.45, 7) is 5.29. The van der Waals surface area contributed by atoms with Crippen molar-refractivity contribution in [3.05, 3.63) is 90.6 Å². The Kier molecular flexibility index (Phi) is 6.96. The Morgan fingerprint density at radius 1 is 0.917 bits per heavy atom. The number of aromatic nitrogens is 2. The van der Waals surface area contributed by atoms with E-state index in [-0.39, 0.29) is 10.6 Å². The minimum Gasteiger partial charge on any atom is -0.497 e. The number of rotatable bonds is 7. The van der Waals surface area contributed by atoms with Crippen LogP contribution in [0, 0.1) is 0 Å². The van der Waals surface area contributed by atoms with Gasteiger partial charge in [0.05, 0.1) is 23.4 Å². The number of carbonyl (C=O) groups is 1. The molecule has 0 saturated carbocycles. The summed E-state index contributed by atoms with van der Waals surface area (Å²) >= 11 is 0. The lowest BCUT2D eigenvalue weighted by Gasteiger charge is -2.20. The maximum absolute atomic E-state index is 13.2. The highest BCUT2D eigenvalue weighted by molar-refractivity contribution is 7.89. The van der Waals surface area contributed by atoms with Crippen LogP contribution in [0.1, 0.15) is 31.3 Å². The van der Waals surface area contributed by atoms with E-state index < -0.39 is 21.5 Å². The van der Waals surface area contributed by atoms with Crippen LogP contribution in [0.2, 0.25) is 0 Å². The Morgan fingerprint density at radius 2 is 1.61 bits per heavy atom. The van der Waals surface area contributed by atoms with Gasteiger partial charge < -0.3 is 10.1 Å². The first kappa shape index (κ1) is 25.2. The summed E-state index contributed by atoms with van der Waals surface area (Å²) in [4.78, 5) is 13.2. The highest BCUT2D eigenvalue weighted by Gasteiger charge is 2.23. The second-order valence-corrected chi connectivity index (χ2v) is 10.9. The zero-order chi connectivity index (χ0) is 25.9. The summed E-state index contributed by atoms with van der Waals surface area (Å²) in [7, 11) is -2.15. The van der Waals surface area contributed by atoms with E-state index in [2.05, 4.69) is 15.1 Å². The van der Waals surface area contributed by atoms with E-state index in [1.54, 1.807) is 50.8 Å². The van der Waals surface area contributed by atoms with Gasteiger partial charge >= 0.3 is 0 Å². The van der Waals surface area contributed by atoms with Crippen molar-refractivity contribution in [1.82, 2.24) is 14.5 Å². The van der Waals surface area contributed by atoms with Crippen LogP contribution in [-0.4, -0.2) is 36.8 Å². The number of hydrogen-bond donors (Lipinski definition) is 2. The molecule has 0 fully saturated rings. The molecule has 0 unspecified atom stereocenters. The summed E-state index contributed by atoms with van der Waals surface area (Å²) in [5, 5.41) is 7.33. The number of para-hydroxylation sites is 1. The fourth-order valence-corrected chi connectivity index (χ4v) is 5.09. The van der Waals surface area contributed by atoms with Gasteiger partial charge in [0.1, 0.15) is 5.75 Å². The third kappa shape index (κ3) is 5.81. The van der Waals surface area contributed by atoms with Gasteiger partial charge in [-0.05, 0) is 81.4 Å². The Balaban J connectivity index is 1.66. The maximum atomic E-state index is 13.2. The second-order valence-electron chi connectivity index (χ2n) is 9.23. The first-order valence-electron chi connectivity index (χ1n) is 11.3. The van der Waals surface area contributed by atoms with Crippen molar-refractivity contribution in [2.45, 2.75) is 31.2 Å². The Bertz CT molecular complexity index is 1470. The zero-order valence-corrected chi connectivity index (χ0v) is 21.3. The van der Waals surface area contributed by atoms with E-state index in [1.807, 2.05) is 54.6 Å². The predicted molar refractivity (Wildman–Crippen MR) is 140 cm³/mol. The molecule has 2 N–H and O–H groups in total. The zero-order valence-electron chi connectivity index (χ0n) is 20.5. The van der Waals surface area contributed by atoms with Crippen LogP contribution >= 0.6 is 0 Å². The molecule has 1 aromatic heterocycles. The molecule has 36 heavy (non-hydrogen) atoms. The maximum Gasteiger partial charge on any atom is 0.276 e. The average Bonchev–Trinajstić information content (AvgIpc) is 3.29. The minimum absolute atomic E-state index is 0.0592. The molecule has 1 amide bonds. The molecule has 186 valence electrons. The highest BCUT2D eigenvalue weighted by atomic mass is 32.2. The van der Waals surface area contributed by atoms with Gasteiger partial charge in [0.15, 0.2) is 5.69 Å². The third-order valence-electron chi connectivity index (χ3n) is 5.17. The largest absolute Gasteiger partial charge is 0.497 e. The standard InChI is InChI=1S/C27H28N4O4S/c1-27(2,3)30-36(33,34)23-12-8-9-20(17-23)28-26(32)24-18-25(19-13-15-22(35-4)16-14-19)31(29-24)21-10-6-5-7-11-21/h5-18,30H,1-4H3,(H,28,32). The monoisotopic (exact) mass is 504 g/mol. The fraction of sp³-hybridized carbons (Fsp3) is 0.185. The van der Waals surface area contributed by atoms with Gasteiger partial charge in [-0.25, -0.2) is 17.8 Å². The number of benzene rings is 3. The number of ether oxygens (including phenoxy) is 1. The molecule has 0 aliphatic heterocycles. The second kappa shape index (κ2) is 9.96. The lowest BCUT2D eigenvalue weighted by atomic mass is 10.1. The molecule has 0 spiro atoms. The molecule has 1 heterocycles. The van der Waals surface area contributed by atoms with Crippen LogP contribution in [-0.2, 0) is 10.0 Å². The Morgan fingerprint density at radius 3 is 2.25 bits per heavy atom. The number of nitrogens with one attached hydrogen (secondary N) is 2. The van der Waals surface area contributed by atoms with Crippen LogP contribution < -0.4 is 14.8 Å². The molecule has 0 aliphatic carbocycles. The van der Waals surface area contributed by atoms with Crippen molar-refractivity contribution in [2.24, 2.45) is 0 Å². The van der Waals surface area contributed by atoms with Crippen molar-refractivity contribution >= 4 is 21.6 Å². The highest BCUT2D eigenvalue weighted by Crippen LogP contribution is 2.27. The summed E-state index contributed by atoms with van der Waals surface area (Å²) in [6, 6.07) is 24.8. The van der Waals surface area contributed by atoms with Crippen LogP contribution in [0.4, 0.5) is 5.69 Å². The molecule has 8 nitrogen and oxygen atoms in total. The van der Waals surface area contributed by atoms with Crippen LogP contribution in [0.5, 0.6) is 5.75 Å². The molecule has 0 radical (unpaired) electrons. The average molecular weight is 505 g/mol. The van der Waals surface area contributed by atoms with Crippen molar-refractivity contribution in [3.63, 3.8) is 0 Å². The first-order chi connectivity index (χ1) is 17.1. The number of hydrogen-bond acceptors (Lipinski definition) is 5. The van der Waals surface area contributed by atoms with Crippen molar-refractivity contribution in [3.8, 4) is 22.7 Å². The van der Waals surface area contributed by atoms with E-state index in [0.29, 0.717) is 5.69 Å². The van der Waals surface area contributed by atoms with Gasteiger partial charge in [0, 0.05) is 16.8 Å². The van der Waals surface area contributed by atoms with E-state index in [9.17, 15) is 13.2 Å². The van der Waals surface area contributed by atoms with E-state index >= 15 is 0 Å². The minimum atomic E-state index is -3.75. The van der Waals surface area contributed by atoms with Gasteiger partial charge in [-0.3, -0.25) is 4.79 Å². The Labute approximate surface area is 211 Å². The smallest absolute Gasteiger partial charge is 0.276 e. The predicted octanol–water partition coefficient (Wildman–Crippen LogP) is 4.88. The molecular weight excluding hydrogens is 476 g/mol. The third-order valence-corrected chi connectivity index (χ3v) is 6.93. The lowest BCUT2D eigenvalue weighted by Crippen LogP contribution is -2.40. The van der Waals surface area contributed by atoms with Crippen LogP contribution in [0.15, 0.2) is 89.8 Å². The molecule has 0 atom stereocenters. The van der Waals surface area contributed by atoms with Gasteiger partial charge in [0.2, 0.25) is 10.0 Å². The Hall–Kier alpha value is -3.95. The summed E-state index contributed by atoms with van der Waals surface area (Å²) < 4.78 is 35.0. The normalized spacial score (nSPS) is 11.8. The number of amides is 1. The van der Waals surface area contributed by atoms with Crippen LogP contribution in [0.25, 0.3) is 16.9 Å². The summed E-state index contributed by atoms with van der Waals surface area (Å²) in [5.74, 6) is 0.260. The van der Waals surface area contributed by atoms with Gasteiger partial charge in [0.25, 0.3) is 5.91 Å². The fourth-order valence-electron chi connectivity index (χ4n) is 3.62. The number of nitrogens with zero attached hydrogens (tertiary/aromatic N) is 2. The molecule has 0 aliphatic rings. The number of carbonyl (C=O) groups excluding carboxylic acids is 1. The molecule has 4 rings (SSSR count). The molecular formula is C27H28N4O4S. The number of methoxy groups -OCH3 is 1. The molecule has 4 aromatic rings. The SMILES string of the molecule is COc1ccc(-c2cc(C(=O)Nc3cccc(S(=O)(=O)NC(C)(C)C)c3)nn2-c2ccccc2)cc1. The molecule has 9 heteroatoms. The van der Waals surface area contributed by atoms with E-state index in [0.717, 1.165) is 22.7 Å². The molecule has 0 bridgehead atoms. The van der Waals surface area contributed by atoms with Crippen molar-refractivity contribution < 1.29 is 17.9 Å².